The maximum absolute atomic E-state index is 13.0. The Morgan fingerprint density at radius 1 is 1.10 bits per heavy atom. The molecule has 31 heavy (non-hydrogen) atoms. The lowest BCUT2D eigenvalue weighted by Gasteiger charge is -2.39. The molecule has 1 N–H and O–H groups in total. The lowest BCUT2D eigenvalue weighted by Crippen LogP contribution is -2.45. The summed E-state index contributed by atoms with van der Waals surface area (Å²) in [6, 6.07) is 3.29. The molecule has 8 nitrogen and oxygen atoms in total. The molecule has 0 radical (unpaired) electrons. The summed E-state index contributed by atoms with van der Waals surface area (Å²) >= 11 is 0. The molecule has 0 spiro atoms. The number of piperidine rings is 1. The molecule has 2 aromatic heterocycles. The van der Waals surface area contributed by atoms with E-state index in [1.54, 1.807) is 29.4 Å². The lowest BCUT2D eigenvalue weighted by molar-refractivity contribution is -0.142. The second-order valence-corrected chi connectivity index (χ2v) is 8.77. The van der Waals surface area contributed by atoms with Crippen LogP contribution in [0, 0.1) is 5.92 Å². The third-order valence-electron chi connectivity index (χ3n) is 6.84. The average Bonchev–Trinajstić information content (AvgIpc) is 2.77. The SMILES string of the molecule is O=C(c1cccnc1)N1CCc2c(nc([C@@H]3CCCCN3C(=O)C3CCC3)[nH]c2=O)C1. The molecule has 1 aliphatic carbocycles. The van der Waals surface area contributed by atoms with Crippen LogP contribution in [0.5, 0.6) is 0 Å². The van der Waals surface area contributed by atoms with Crippen LogP contribution < -0.4 is 5.56 Å². The normalized spacial score (nSPS) is 21.4. The van der Waals surface area contributed by atoms with Crippen LogP contribution in [0.4, 0.5) is 0 Å². The van der Waals surface area contributed by atoms with Crippen LogP contribution in [0.2, 0.25) is 0 Å². The molecule has 2 aromatic rings. The van der Waals surface area contributed by atoms with Crippen molar-refractivity contribution in [2.45, 2.75) is 57.5 Å². The Hall–Kier alpha value is -3.03. The topological polar surface area (TPSA) is 99.3 Å². The molecule has 1 saturated carbocycles. The lowest BCUT2D eigenvalue weighted by atomic mass is 9.83. The zero-order valence-corrected chi connectivity index (χ0v) is 17.5. The number of aromatic amines is 1. The maximum Gasteiger partial charge on any atom is 0.255 e. The van der Waals surface area contributed by atoms with Gasteiger partial charge in [0.1, 0.15) is 5.82 Å². The van der Waals surface area contributed by atoms with Crippen molar-refractivity contribution >= 4 is 11.8 Å². The largest absolute Gasteiger partial charge is 0.332 e. The number of aromatic nitrogens is 3. The Morgan fingerprint density at radius 2 is 1.97 bits per heavy atom. The van der Waals surface area contributed by atoms with Gasteiger partial charge in [-0.3, -0.25) is 19.4 Å². The second kappa shape index (κ2) is 8.24. The van der Waals surface area contributed by atoms with Gasteiger partial charge in [0.05, 0.1) is 23.8 Å². The van der Waals surface area contributed by atoms with Crippen molar-refractivity contribution < 1.29 is 9.59 Å². The van der Waals surface area contributed by atoms with Crippen LogP contribution in [0.15, 0.2) is 29.3 Å². The highest BCUT2D eigenvalue weighted by Gasteiger charge is 2.36. The first kappa shape index (κ1) is 19.9. The first-order valence-electron chi connectivity index (χ1n) is 11.2. The minimum atomic E-state index is -0.191. The van der Waals surface area contributed by atoms with E-state index in [4.69, 9.17) is 4.98 Å². The number of hydrogen-bond donors (Lipinski definition) is 1. The molecule has 1 saturated heterocycles. The molecule has 2 fully saturated rings. The van der Waals surface area contributed by atoms with Crippen LogP contribution in [-0.4, -0.2) is 49.7 Å². The van der Waals surface area contributed by atoms with Crippen LogP contribution in [0.1, 0.15) is 72.0 Å². The number of likely N-dealkylation sites (tertiary alicyclic amines) is 1. The summed E-state index contributed by atoms with van der Waals surface area (Å²) in [4.78, 5) is 54.1. The van der Waals surface area contributed by atoms with Crippen LogP contribution in [-0.2, 0) is 17.8 Å². The molecule has 0 aromatic carbocycles. The highest BCUT2D eigenvalue weighted by molar-refractivity contribution is 5.94. The van der Waals surface area contributed by atoms with Gasteiger partial charge in [0, 0.05) is 37.0 Å². The van der Waals surface area contributed by atoms with Crippen molar-refractivity contribution in [2.75, 3.05) is 13.1 Å². The fourth-order valence-corrected chi connectivity index (χ4v) is 4.83. The van der Waals surface area contributed by atoms with Crippen LogP contribution >= 0.6 is 0 Å². The van der Waals surface area contributed by atoms with Gasteiger partial charge in [-0.2, -0.15) is 0 Å². The highest BCUT2D eigenvalue weighted by atomic mass is 16.2. The molecule has 0 unspecified atom stereocenters. The van der Waals surface area contributed by atoms with E-state index < -0.39 is 0 Å². The molecule has 5 rings (SSSR count). The van der Waals surface area contributed by atoms with Gasteiger partial charge in [-0.1, -0.05) is 6.42 Å². The van der Waals surface area contributed by atoms with Crippen molar-refractivity contribution in [3.63, 3.8) is 0 Å². The first-order chi connectivity index (χ1) is 15.1. The van der Waals surface area contributed by atoms with Gasteiger partial charge in [0.25, 0.3) is 11.5 Å². The molecule has 0 bridgehead atoms. The smallest absolute Gasteiger partial charge is 0.255 e. The zero-order valence-electron chi connectivity index (χ0n) is 17.5. The minimum absolute atomic E-state index is 0.109. The standard InChI is InChI=1S/C23H27N5O3/c29-21-17-9-12-27(22(30)16-7-4-10-24-13-16)14-18(17)25-20(26-21)19-8-1-2-11-28(19)23(31)15-5-3-6-15/h4,7,10,13,15,19H,1-3,5-6,8-9,11-12,14H2,(H,25,26,29)/t19-/m0/s1. The number of H-pyrrole nitrogens is 1. The number of amides is 2. The van der Waals surface area contributed by atoms with E-state index in [0.717, 1.165) is 38.5 Å². The molecule has 4 heterocycles. The number of fused-ring (bicyclic) bond motifs is 1. The Kier molecular flexibility index (Phi) is 5.29. The fraction of sp³-hybridized carbons (Fsp3) is 0.522. The van der Waals surface area contributed by atoms with E-state index in [2.05, 4.69) is 9.97 Å². The minimum Gasteiger partial charge on any atom is -0.332 e. The van der Waals surface area contributed by atoms with Gasteiger partial charge in [-0.05, 0) is 50.7 Å². The number of carbonyl (C=O) groups excluding carboxylic acids is 2. The van der Waals surface area contributed by atoms with E-state index in [1.807, 2.05) is 4.90 Å². The first-order valence-corrected chi connectivity index (χ1v) is 11.2. The Balaban J connectivity index is 1.42. The third kappa shape index (κ3) is 3.75. The summed E-state index contributed by atoms with van der Waals surface area (Å²) in [7, 11) is 0. The molecule has 1 atom stereocenters. The Labute approximate surface area is 180 Å². The molecule has 8 heteroatoms. The predicted octanol–water partition coefficient (Wildman–Crippen LogP) is 2.22. The summed E-state index contributed by atoms with van der Waals surface area (Å²) in [6.45, 7) is 1.48. The van der Waals surface area contributed by atoms with Crippen molar-refractivity contribution in [3.05, 3.63) is 57.5 Å². The molecule has 2 amide bonds. The van der Waals surface area contributed by atoms with E-state index in [0.29, 0.717) is 48.7 Å². The summed E-state index contributed by atoms with van der Waals surface area (Å²) in [6.07, 6.45) is 9.49. The second-order valence-electron chi connectivity index (χ2n) is 8.77. The predicted molar refractivity (Wildman–Crippen MR) is 113 cm³/mol. The monoisotopic (exact) mass is 421 g/mol. The van der Waals surface area contributed by atoms with E-state index >= 15 is 0 Å². The van der Waals surface area contributed by atoms with Crippen LogP contribution in [0.25, 0.3) is 0 Å². The van der Waals surface area contributed by atoms with Gasteiger partial charge in [-0.15, -0.1) is 0 Å². The summed E-state index contributed by atoms with van der Waals surface area (Å²) in [5.41, 5.74) is 1.67. The van der Waals surface area contributed by atoms with Gasteiger partial charge >= 0.3 is 0 Å². The number of carbonyl (C=O) groups is 2. The van der Waals surface area contributed by atoms with Gasteiger partial charge in [-0.25, -0.2) is 4.98 Å². The van der Waals surface area contributed by atoms with Gasteiger partial charge in [0.2, 0.25) is 5.91 Å². The van der Waals surface area contributed by atoms with Crippen molar-refractivity contribution in [3.8, 4) is 0 Å². The van der Waals surface area contributed by atoms with Crippen molar-refractivity contribution in [2.24, 2.45) is 5.92 Å². The number of nitrogens with one attached hydrogen (secondary N) is 1. The van der Waals surface area contributed by atoms with E-state index in [-0.39, 0.29) is 29.3 Å². The molecular formula is C23H27N5O3. The fourth-order valence-electron chi connectivity index (χ4n) is 4.83. The summed E-state index contributed by atoms with van der Waals surface area (Å²) in [5.74, 6) is 0.774. The number of rotatable bonds is 3. The molecule has 3 aliphatic rings. The number of pyridine rings is 1. The number of nitrogens with zero attached hydrogens (tertiary/aromatic N) is 4. The highest BCUT2D eigenvalue weighted by Crippen LogP contribution is 2.35. The van der Waals surface area contributed by atoms with Crippen LogP contribution in [0.3, 0.4) is 0 Å². The maximum atomic E-state index is 13.0. The van der Waals surface area contributed by atoms with E-state index in [1.165, 1.54) is 0 Å². The Bertz CT molecular complexity index is 1050. The Morgan fingerprint density at radius 3 is 2.71 bits per heavy atom. The van der Waals surface area contributed by atoms with Gasteiger partial charge in [0.15, 0.2) is 0 Å². The molecule has 162 valence electrons. The number of hydrogen-bond acceptors (Lipinski definition) is 5. The van der Waals surface area contributed by atoms with Crippen molar-refractivity contribution in [1.82, 2.24) is 24.8 Å². The zero-order chi connectivity index (χ0) is 21.4. The van der Waals surface area contributed by atoms with E-state index in [9.17, 15) is 14.4 Å². The third-order valence-corrected chi connectivity index (χ3v) is 6.84. The molecule has 2 aliphatic heterocycles. The summed E-state index contributed by atoms with van der Waals surface area (Å²) in [5, 5.41) is 0. The van der Waals surface area contributed by atoms with Gasteiger partial charge < -0.3 is 14.8 Å². The summed E-state index contributed by atoms with van der Waals surface area (Å²) < 4.78 is 0. The molecular weight excluding hydrogens is 394 g/mol. The quantitative estimate of drug-likeness (QED) is 0.819. The van der Waals surface area contributed by atoms with Crippen molar-refractivity contribution in [1.29, 1.82) is 0 Å². The average molecular weight is 422 g/mol.